The summed E-state index contributed by atoms with van der Waals surface area (Å²) in [6, 6.07) is 32.3. The summed E-state index contributed by atoms with van der Waals surface area (Å²) in [5.41, 5.74) is 2.33. The van der Waals surface area contributed by atoms with Gasteiger partial charge < -0.3 is 17.8 Å². The van der Waals surface area contributed by atoms with Gasteiger partial charge in [-0.2, -0.15) is 16.8 Å². The average Bonchev–Trinajstić information content (AvgIpc) is 3.01. The van der Waals surface area contributed by atoms with Gasteiger partial charge in [0.25, 0.3) is 0 Å². The van der Waals surface area contributed by atoms with Crippen molar-refractivity contribution in [2.24, 2.45) is 0 Å². The van der Waals surface area contributed by atoms with Crippen LogP contribution in [0.5, 0.6) is 23.0 Å². The van der Waals surface area contributed by atoms with Crippen molar-refractivity contribution in [2.45, 2.75) is 38.5 Å². The normalized spacial score (nSPS) is 13.0. The molecule has 44 heavy (non-hydrogen) atoms. The van der Waals surface area contributed by atoms with E-state index in [2.05, 4.69) is 13.8 Å². The molecule has 8 nitrogen and oxygen atoms in total. The maximum Gasteiger partial charge on any atom is 0.312 e. The van der Waals surface area contributed by atoms with Crippen LogP contribution in [0.1, 0.15) is 49.7 Å². The van der Waals surface area contributed by atoms with Crippen molar-refractivity contribution in [3.8, 4) is 23.0 Å². The van der Waals surface area contributed by atoms with Gasteiger partial charge in [0, 0.05) is 0 Å². The Labute approximate surface area is 260 Å². The number of para-hydroxylation sites is 2. The van der Waals surface area contributed by atoms with E-state index in [1.807, 2.05) is 48.5 Å². The lowest BCUT2D eigenvalue weighted by atomic mass is 9.78. The monoisotopic (exact) mass is 638 g/mol. The molecule has 0 aromatic heterocycles. The molecule has 0 saturated carbocycles. The van der Waals surface area contributed by atoms with Gasteiger partial charge in [-0.1, -0.05) is 74.5 Å². The third-order valence-electron chi connectivity index (χ3n) is 7.12. The average molecular weight is 639 g/mol. The molecule has 0 heterocycles. The molecule has 10 heteroatoms. The quantitative estimate of drug-likeness (QED) is 0.115. The van der Waals surface area contributed by atoms with Crippen molar-refractivity contribution >= 4 is 20.2 Å². The summed E-state index contributed by atoms with van der Waals surface area (Å²) < 4.78 is 70.6. The molecular formula is C34H38O8S2. The molecule has 0 N–H and O–H groups in total. The first-order valence-corrected chi connectivity index (χ1v) is 17.7. The SMILES string of the molecule is CC[C@@H](c1ccc(OCCS(=O)(=O)Oc2ccccc2)cc1)[C@@H](CC)c1ccc(OCCS(=O)(=O)Oc2ccccc2)cc1. The van der Waals surface area contributed by atoms with Gasteiger partial charge in [0.15, 0.2) is 0 Å². The first-order valence-electron chi connectivity index (χ1n) is 14.6. The Hall–Kier alpha value is -4.02. The van der Waals surface area contributed by atoms with E-state index in [9.17, 15) is 16.8 Å². The number of rotatable bonds is 17. The maximum absolute atomic E-state index is 12.3. The van der Waals surface area contributed by atoms with Gasteiger partial charge in [0.1, 0.15) is 47.7 Å². The molecule has 4 aromatic carbocycles. The van der Waals surface area contributed by atoms with Crippen molar-refractivity contribution in [3.05, 3.63) is 120 Å². The molecular weight excluding hydrogens is 601 g/mol. The van der Waals surface area contributed by atoms with Crippen molar-refractivity contribution in [3.63, 3.8) is 0 Å². The van der Waals surface area contributed by atoms with Gasteiger partial charge in [-0.05, 0) is 84.3 Å². The lowest BCUT2D eigenvalue weighted by molar-refractivity contribution is 0.335. The highest BCUT2D eigenvalue weighted by Gasteiger charge is 2.22. The van der Waals surface area contributed by atoms with Gasteiger partial charge in [-0.25, -0.2) is 0 Å². The van der Waals surface area contributed by atoms with Crippen molar-refractivity contribution < 1.29 is 34.7 Å². The van der Waals surface area contributed by atoms with Crippen LogP contribution in [0.2, 0.25) is 0 Å². The summed E-state index contributed by atoms with van der Waals surface area (Å²) in [5.74, 6) is 1.69. The lowest BCUT2D eigenvalue weighted by Crippen LogP contribution is -2.19. The van der Waals surface area contributed by atoms with Crippen molar-refractivity contribution in [2.75, 3.05) is 24.7 Å². The van der Waals surface area contributed by atoms with Crippen LogP contribution >= 0.6 is 0 Å². The zero-order valence-electron chi connectivity index (χ0n) is 24.9. The molecule has 0 radical (unpaired) electrons. The van der Waals surface area contributed by atoms with Crippen LogP contribution in [0.15, 0.2) is 109 Å². The zero-order chi connectivity index (χ0) is 31.4. The summed E-state index contributed by atoms with van der Waals surface area (Å²) >= 11 is 0. The molecule has 0 spiro atoms. The summed E-state index contributed by atoms with van der Waals surface area (Å²) in [6.45, 7) is 4.27. The predicted octanol–water partition coefficient (Wildman–Crippen LogP) is 6.95. The van der Waals surface area contributed by atoms with Gasteiger partial charge in [-0.3, -0.25) is 0 Å². The zero-order valence-corrected chi connectivity index (χ0v) is 26.5. The third-order valence-corrected chi connectivity index (χ3v) is 9.34. The van der Waals surface area contributed by atoms with E-state index in [0.29, 0.717) is 11.5 Å². The first-order chi connectivity index (χ1) is 21.2. The Morgan fingerprint density at radius 3 is 1.14 bits per heavy atom. The van der Waals surface area contributed by atoms with Gasteiger partial charge >= 0.3 is 20.2 Å². The smallest absolute Gasteiger partial charge is 0.312 e. The highest BCUT2D eigenvalue weighted by atomic mass is 32.2. The van der Waals surface area contributed by atoms with Crippen LogP contribution < -0.4 is 17.8 Å². The first kappa shape index (κ1) is 32.9. The summed E-state index contributed by atoms with van der Waals surface area (Å²) in [6.07, 6.45) is 1.84. The van der Waals surface area contributed by atoms with Crippen LogP contribution in [-0.2, 0) is 20.2 Å². The molecule has 0 aliphatic rings. The highest BCUT2D eigenvalue weighted by Crippen LogP contribution is 2.39. The van der Waals surface area contributed by atoms with Gasteiger partial charge in [-0.15, -0.1) is 0 Å². The van der Waals surface area contributed by atoms with E-state index >= 15 is 0 Å². The highest BCUT2D eigenvalue weighted by molar-refractivity contribution is 7.87. The molecule has 0 aliphatic carbocycles. The second-order valence-electron chi connectivity index (χ2n) is 10.2. The van der Waals surface area contributed by atoms with E-state index in [-0.39, 0.29) is 48.1 Å². The molecule has 0 fully saturated rings. The number of hydrogen-bond acceptors (Lipinski definition) is 8. The van der Waals surface area contributed by atoms with Crippen LogP contribution in [-0.4, -0.2) is 41.6 Å². The van der Waals surface area contributed by atoms with Crippen LogP contribution in [0, 0.1) is 0 Å². The summed E-state index contributed by atoms with van der Waals surface area (Å²) in [4.78, 5) is 0. The second-order valence-corrected chi connectivity index (χ2v) is 13.6. The fourth-order valence-corrected chi connectivity index (χ4v) is 6.53. The van der Waals surface area contributed by atoms with Crippen LogP contribution in [0.4, 0.5) is 0 Å². The van der Waals surface area contributed by atoms with E-state index < -0.39 is 20.2 Å². The van der Waals surface area contributed by atoms with Crippen LogP contribution in [0.25, 0.3) is 0 Å². The summed E-state index contributed by atoms with van der Waals surface area (Å²) in [5, 5.41) is 0. The molecule has 234 valence electrons. The molecule has 4 aromatic rings. The lowest BCUT2D eigenvalue weighted by Gasteiger charge is -2.26. The van der Waals surface area contributed by atoms with Gasteiger partial charge in [0.05, 0.1) is 0 Å². The topological polar surface area (TPSA) is 105 Å². The minimum atomic E-state index is -3.77. The Bertz CT molecular complexity index is 1510. The van der Waals surface area contributed by atoms with Crippen LogP contribution in [0.3, 0.4) is 0 Å². The van der Waals surface area contributed by atoms with Crippen molar-refractivity contribution in [1.29, 1.82) is 0 Å². The van der Waals surface area contributed by atoms with Crippen molar-refractivity contribution in [1.82, 2.24) is 0 Å². The molecule has 0 aliphatic heterocycles. The van der Waals surface area contributed by atoms with E-state index in [1.54, 1.807) is 60.7 Å². The molecule has 4 rings (SSSR count). The largest absolute Gasteiger partial charge is 0.492 e. The predicted molar refractivity (Wildman–Crippen MR) is 172 cm³/mol. The second kappa shape index (κ2) is 15.6. The fraction of sp³-hybridized carbons (Fsp3) is 0.294. The molecule has 0 amide bonds. The Kier molecular flexibility index (Phi) is 11.7. The number of hydrogen-bond donors (Lipinski definition) is 0. The molecule has 0 saturated heterocycles. The standard InChI is InChI=1S/C34H38O8S2/c1-3-33(27-15-19-29(20-16-27)39-23-25-43(35,36)41-31-11-7-5-8-12-31)34(4-2)28-17-21-30(22-18-28)40-24-26-44(37,38)42-32-13-9-6-10-14-32/h5-22,33-34H,3-4,23-26H2,1-2H3/t33-,34-/m0/s1. The minimum Gasteiger partial charge on any atom is -0.492 e. The minimum absolute atomic E-state index is 0.0241. The maximum atomic E-state index is 12.3. The summed E-state index contributed by atoms with van der Waals surface area (Å²) in [7, 11) is -7.54. The Morgan fingerprint density at radius 1 is 0.477 bits per heavy atom. The number of ether oxygens (including phenoxy) is 2. The molecule has 0 unspecified atom stereocenters. The Morgan fingerprint density at radius 2 is 0.818 bits per heavy atom. The van der Waals surface area contributed by atoms with E-state index in [0.717, 1.165) is 24.0 Å². The molecule has 0 bridgehead atoms. The molecule has 2 atom stereocenters. The Balaban J connectivity index is 1.29. The third kappa shape index (κ3) is 10.0. The van der Waals surface area contributed by atoms with Gasteiger partial charge in [0.2, 0.25) is 0 Å². The fourth-order valence-electron chi connectivity index (χ4n) is 4.98. The van der Waals surface area contributed by atoms with E-state index in [4.69, 9.17) is 17.8 Å². The number of benzene rings is 4. The van der Waals surface area contributed by atoms with E-state index in [1.165, 1.54) is 0 Å².